The lowest BCUT2D eigenvalue weighted by atomic mass is 9.99. The third kappa shape index (κ3) is 5.58. The topological polar surface area (TPSA) is 54.9 Å². The molecule has 162 valence electrons. The van der Waals surface area contributed by atoms with Gasteiger partial charge in [0.1, 0.15) is 11.9 Å². The SMILES string of the molecule is O=C(COc1ccc(Cl)cc1Cl)N1CCC(N2CCC(Oc3nccs3)CC2)CC1. The van der Waals surface area contributed by atoms with Crippen LogP contribution in [-0.2, 0) is 4.79 Å². The number of benzene rings is 1. The quantitative estimate of drug-likeness (QED) is 0.628. The summed E-state index contributed by atoms with van der Waals surface area (Å²) in [5.41, 5.74) is 0. The molecule has 0 aliphatic carbocycles. The Morgan fingerprint density at radius 1 is 1.13 bits per heavy atom. The lowest BCUT2D eigenvalue weighted by Crippen LogP contribution is -2.50. The minimum atomic E-state index is -0.00842. The van der Waals surface area contributed by atoms with Gasteiger partial charge in [0.25, 0.3) is 11.1 Å². The molecular weight excluding hydrogens is 445 g/mol. The number of halogens is 2. The zero-order chi connectivity index (χ0) is 20.9. The average molecular weight is 470 g/mol. The summed E-state index contributed by atoms with van der Waals surface area (Å²) >= 11 is 13.5. The van der Waals surface area contributed by atoms with Gasteiger partial charge in [-0.1, -0.05) is 34.5 Å². The first kappa shape index (κ1) is 21.7. The lowest BCUT2D eigenvalue weighted by molar-refractivity contribution is -0.135. The second kappa shape index (κ2) is 10.2. The van der Waals surface area contributed by atoms with Crippen LogP contribution in [0.3, 0.4) is 0 Å². The van der Waals surface area contributed by atoms with Crippen LogP contribution in [0, 0.1) is 0 Å². The summed E-state index contributed by atoms with van der Waals surface area (Å²) in [6.45, 7) is 3.58. The number of rotatable bonds is 6. The highest BCUT2D eigenvalue weighted by atomic mass is 35.5. The number of thiazole rings is 1. The number of aromatic nitrogens is 1. The smallest absolute Gasteiger partial charge is 0.273 e. The molecule has 2 aliphatic rings. The van der Waals surface area contributed by atoms with E-state index in [9.17, 15) is 4.79 Å². The first-order valence-electron chi connectivity index (χ1n) is 10.2. The number of hydrogen-bond donors (Lipinski definition) is 0. The molecule has 0 N–H and O–H groups in total. The lowest BCUT2D eigenvalue weighted by Gasteiger charge is -2.41. The Balaban J connectivity index is 1.18. The van der Waals surface area contributed by atoms with Crippen molar-refractivity contribution in [3.8, 4) is 10.9 Å². The van der Waals surface area contributed by atoms with Gasteiger partial charge in [0.05, 0.1) is 5.02 Å². The third-order valence-electron chi connectivity index (χ3n) is 5.73. The van der Waals surface area contributed by atoms with E-state index in [2.05, 4.69) is 9.88 Å². The van der Waals surface area contributed by atoms with E-state index in [-0.39, 0.29) is 18.6 Å². The molecule has 1 aromatic heterocycles. The second-order valence-electron chi connectivity index (χ2n) is 7.63. The fraction of sp³-hybridized carbons (Fsp3) is 0.524. The Morgan fingerprint density at radius 2 is 1.90 bits per heavy atom. The van der Waals surface area contributed by atoms with Crippen molar-refractivity contribution in [2.24, 2.45) is 0 Å². The second-order valence-corrected chi connectivity index (χ2v) is 9.33. The van der Waals surface area contributed by atoms with Crippen molar-refractivity contribution >= 4 is 40.4 Å². The van der Waals surface area contributed by atoms with Gasteiger partial charge in [0, 0.05) is 48.8 Å². The molecule has 6 nitrogen and oxygen atoms in total. The molecule has 30 heavy (non-hydrogen) atoms. The standard InChI is InChI=1S/C21H25Cl2N3O3S/c22-15-1-2-19(18(23)13-15)28-14-20(27)26-8-3-16(4-9-26)25-10-5-17(6-11-25)29-21-24-7-12-30-21/h1-2,7,12-13,16-17H,3-6,8-11,14H2. The van der Waals surface area contributed by atoms with Gasteiger partial charge in [-0.25, -0.2) is 4.98 Å². The number of nitrogens with zero attached hydrogens (tertiary/aromatic N) is 3. The Hall–Kier alpha value is -1.54. The molecule has 0 bridgehead atoms. The van der Waals surface area contributed by atoms with E-state index in [1.54, 1.807) is 35.7 Å². The summed E-state index contributed by atoms with van der Waals surface area (Å²) in [5.74, 6) is 0.474. The summed E-state index contributed by atoms with van der Waals surface area (Å²) in [6, 6.07) is 5.52. The first-order chi connectivity index (χ1) is 14.6. The predicted molar refractivity (Wildman–Crippen MR) is 119 cm³/mol. The molecule has 3 heterocycles. The minimum absolute atomic E-state index is 0.00461. The van der Waals surface area contributed by atoms with Gasteiger partial charge < -0.3 is 14.4 Å². The van der Waals surface area contributed by atoms with Crippen LogP contribution in [0.5, 0.6) is 10.9 Å². The highest BCUT2D eigenvalue weighted by molar-refractivity contribution is 7.11. The van der Waals surface area contributed by atoms with E-state index in [1.807, 2.05) is 10.3 Å². The van der Waals surface area contributed by atoms with Crippen molar-refractivity contribution in [1.82, 2.24) is 14.8 Å². The fourth-order valence-corrected chi connectivity index (χ4v) is 5.09. The van der Waals surface area contributed by atoms with Gasteiger partial charge >= 0.3 is 0 Å². The summed E-state index contributed by atoms with van der Waals surface area (Å²) in [7, 11) is 0. The average Bonchev–Trinajstić information content (AvgIpc) is 3.27. The summed E-state index contributed by atoms with van der Waals surface area (Å²) in [5, 5.41) is 3.66. The highest BCUT2D eigenvalue weighted by Gasteiger charge is 2.30. The van der Waals surface area contributed by atoms with Crippen molar-refractivity contribution in [3.63, 3.8) is 0 Å². The van der Waals surface area contributed by atoms with E-state index in [4.69, 9.17) is 32.7 Å². The Morgan fingerprint density at radius 3 is 2.57 bits per heavy atom. The van der Waals surface area contributed by atoms with Crippen LogP contribution < -0.4 is 9.47 Å². The van der Waals surface area contributed by atoms with E-state index in [0.717, 1.165) is 57.1 Å². The molecule has 2 aromatic rings. The van der Waals surface area contributed by atoms with Gasteiger partial charge in [0.15, 0.2) is 6.61 Å². The van der Waals surface area contributed by atoms with Gasteiger partial charge in [-0.2, -0.15) is 0 Å². The number of piperidine rings is 2. The Bertz CT molecular complexity index is 836. The number of hydrogen-bond acceptors (Lipinski definition) is 6. The Kier molecular flexibility index (Phi) is 7.36. The van der Waals surface area contributed by atoms with Crippen LogP contribution in [0.1, 0.15) is 25.7 Å². The van der Waals surface area contributed by atoms with Crippen LogP contribution in [0.25, 0.3) is 0 Å². The predicted octanol–water partition coefficient (Wildman–Crippen LogP) is 4.36. The van der Waals surface area contributed by atoms with Gasteiger partial charge in [-0.15, -0.1) is 0 Å². The summed E-state index contributed by atoms with van der Waals surface area (Å²) in [6.07, 6.45) is 6.06. The molecule has 2 aliphatic heterocycles. The molecule has 4 rings (SSSR count). The van der Waals surface area contributed by atoms with E-state index in [0.29, 0.717) is 21.8 Å². The largest absolute Gasteiger partial charge is 0.482 e. The summed E-state index contributed by atoms with van der Waals surface area (Å²) in [4.78, 5) is 21.2. The monoisotopic (exact) mass is 469 g/mol. The molecule has 0 atom stereocenters. The third-order valence-corrected chi connectivity index (χ3v) is 6.92. The zero-order valence-corrected chi connectivity index (χ0v) is 19.0. The summed E-state index contributed by atoms with van der Waals surface area (Å²) < 4.78 is 11.5. The van der Waals surface area contributed by atoms with Crippen molar-refractivity contribution in [2.75, 3.05) is 32.8 Å². The van der Waals surface area contributed by atoms with Crippen LogP contribution >= 0.6 is 34.5 Å². The molecule has 1 amide bonds. The van der Waals surface area contributed by atoms with E-state index < -0.39 is 0 Å². The van der Waals surface area contributed by atoms with E-state index >= 15 is 0 Å². The molecule has 1 aromatic carbocycles. The molecular formula is C21H25Cl2N3O3S. The van der Waals surface area contributed by atoms with Gasteiger partial charge in [-0.05, 0) is 43.9 Å². The van der Waals surface area contributed by atoms with Crippen LogP contribution in [0.4, 0.5) is 0 Å². The highest BCUT2D eigenvalue weighted by Crippen LogP contribution is 2.28. The van der Waals surface area contributed by atoms with Crippen molar-refractivity contribution in [3.05, 3.63) is 39.8 Å². The number of carbonyl (C=O) groups excluding carboxylic acids is 1. The molecule has 2 fully saturated rings. The van der Waals surface area contributed by atoms with Crippen molar-refractivity contribution < 1.29 is 14.3 Å². The van der Waals surface area contributed by atoms with Crippen LogP contribution in [-0.4, -0.2) is 65.6 Å². The molecule has 0 radical (unpaired) electrons. The van der Waals surface area contributed by atoms with Crippen LogP contribution in [0.2, 0.25) is 10.0 Å². The first-order valence-corrected chi connectivity index (χ1v) is 11.9. The Labute approximate surface area is 190 Å². The number of carbonyl (C=O) groups is 1. The molecule has 2 saturated heterocycles. The minimum Gasteiger partial charge on any atom is -0.482 e. The van der Waals surface area contributed by atoms with Crippen molar-refractivity contribution in [1.29, 1.82) is 0 Å². The van der Waals surface area contributed by atoms with Crippen LogP contribution in [0.15, 0.2) is 29.8 Å². The molecule has 9 heteroatoms. The van der Waals surface area contributed by atoms with Crippen molar-refractivity contribution in [2.45, 2.75) is 37.8 Å². The molecule has 0 unspecified atom stereocenters. The number of ether oxygens (including phenoxy) is 2. The van der Waals surface area contributed by atoms with E-state index in [1.165, 1.54) is 0 Å². The molecule has 0 spiro atoms. The van der Waals surface area contributed by atoms with Gasteiger partial charge in [-0.3, -0.25) is 9.69 Å². The number of likely N-dealkylation sites (tertiary alicyclic amines) is 2. The maximum Gasteiger partial charge on any atom is 0.273 e. The normalized spacial score (nSPS) is 19.1. The fourth-order valence-electron chi connectivity index (χ4n) is 4.07. The number of amides is 1. The maximum absolute atomic E-state index is 12.5. The zero-order valence-electron chi connectivity index (χ0n) is 16.6. The van der Waals surface area contributed by atoms with Gasteiger partial charge in [0.2, 0.25) is 0 Å². The maximum atomic E-state index is 12.5. The molecule has 0 saturated carbocycles.